The van der Waals surface area contributed by atoms with Crippen molar-refractivity contribution in [1.82, 2.24) is 0 Å². The fraction of sp³-hybridized carbons (Fsp3) is 0.0769. The average molecular weight is 194 g/mol. The fourth-order valence-electron chi connectivity index (χ4n) is 1.79. The molecule has 2 aromatic rings. The molecule has 0 spiro atoms. The molecule has 1 aliphatic heterocycles. The lowest BCUT2D eigenvalue weighted by Gasteiger charge is -2.10. The molecular weight excluding hydrogens is 184 g/mol. The first kappa shape index (κ1) is 8.36. The Morgan fingerprint density at radius 3 is 1.33 bits per heavy atom. The van der Waals surface area contributed by atoms with Crippen LogP contribution >= 0.6 is 0 Å². The fourth-order valence-corrected chi connectivity index (χ4v) is 1.79. The number of hydrogen-bond acceptors (Lipinski definition) is 2. The summed E-state index contributed by atoms with van der Waals surface area (Å²) in [5.41, 5.74) is 1.86. The van der Waals surface area contributed by atoms with Crippen LogP contribution in [-0.2, 0) is 5.66 Å². The first-order valence-electron chi connectivity index (χ1n) is 4.97. The van der Waals surface area contributed by atoms with Crippen LogP contribution in [-0.4, -0.2) is 0 Å². The van der Waals surface area contributed by atoms with Gasteiger partial charge in [0.15, 0.2) is 0 Å². The van der Waals surface area contributed by atoms with Crippen molar-refractivity contribution >= 4 is 0 Å². The molecule has 0 atom stereocenters. The van der Waals surface area contributed by atoms with Crippen molar-refractivity contribution in [1.29, 1.82) is 0 Å². The zero-order valence-electron chi connectivity index (χ0n) is 8.17. The minimum atomic E-state index is -0.414. The van der Waals surface area contributed by atoms with E-state index in [2.05, 4.69) is 34.5 Å². The Morgan fingerprint density at radius 2 is 1.00 bits per heavy atom. The summed E-state index contributed by atoms with van der Waals surface area (Å²) >= 11 is 0. The van der Waals surface area contributed by atoms with Crippen LogP contribution in [0.15, 0.2) is 70.9 Å². The third-order valence-electron chi connectivity index (χ3n) is 2.65. The molecule has 2 nitrogen and oxygen atoms in total. The third-order valence-corrected chi connectivity index (χ3v) is 2.65. The van der Waals surface area contributed by atoms with Crippen molar-refractivity contribution in [2.75, 3.05) is 0 Å². The lowest BCUT2D eigenvalue weighted by atomic mass is 9.95. The molecule has 0 unspecified atom stereocenters. The van der Waals surface area contributed by atoms with Gasteiger partial charge in [-0.3, -0.25) is 0 Å². The predicted octanol–water partition coefficient (Wildman–Crippen LogP) is 3.35. The smallest absolute Gasteiger partial charge is 0.148 e. The summed E-state index contributed by atoms with van der Waals surface area (Å²) in [7, 11) is 0. The van der Waals surface area contributed by atoms with Gasteiger partial charge in [0.2, 0.25) is 5.66 Å². The van der Waals surface area contributed by atoms with Crippen LogP contribution in [0.2, 0.25) is 0 Å². The second-order valence-corrected chi connectivity index (χ2v) is 3.60. The van der Waals surface area contributed by atoms with Crippen LogP contribution < -0.4 is 0 Å². The maximum Gasteiger partial charge on any atom is 0.240 e. The summed E-state index contributed by atoms with van der Waals surface area (Å²) in [6.07, 6.45) is 0. The molecular formula is C13H10N2. The highest BCUT2D eigenvalue weighted by Gasteiger charge is 2.43. The van der Waals surface area contributed by atoms with Crippen molar-refractivity contribution in [2.45, 2.75) is 5.66 Å². The van der Waals surface area contributed by atoms with Crippen LogP contribution in [0.3, 0.4) is 0 Å². The lowest BCUT2D eigenvalue weighted by Crippen LogP contribution is -2.09. The first-order chi connectivity index (χ1) is 7.42. The molecule has 1 heterocycles. The Morgan fingerprint density at radius 1 is 0.600 bits per heavy atom. The van der Waals surface area contributed by atoms with E-state index < -0.39 is 5.66 Å². The number of benzene rings is 2. The highest BCUT2D eigenvalue weighted by atomic mass is 15.4. The van der Waals surface area contributed by atoms with Crippen LogP contribution in [0.1, 0.15) is 11.1 Å². The van der Waals surface area contributed by atoms with E-state index in [1.807, 2.05) is 36.4 Å². The van der Waals surface area contributed by atoms with Gasteiger partial charge in [0, 0.05) is 11.1 Å². The van der Waals surface area contributed by atoms with Crippen LogP contribution in [0, 0.1) is 0 Å². The SMILES string of the molecule is c1ccc(C2(c3ccccc3)N=N2)cc1. The Balaban J connectivity index is 2.06. The van der Waals surface area contributed by atoms with Crippen molar-refractivity contribution in [2.24, 2.45) is 10.2 Å². The summed E-state index contributed by atoms with van der Waals surface area (Å²) in [5, 5.41) is 8.40. The van der Waals surface area contributed by atoms with E-state index in [0.29, 0.717) is 0 Å². The van der Waals surface area contributed by atoms with E-state index in [9.17, 15) is 0 Å². The third kappa shape index (κ3) is 1.26. The molecule has 0 amide bonds. The van der Waals surface area contributed by atoms with Crippen LogP contribution in [0.25, 0.3) is 0 Å². The quantitative estimate of drug-likeness (QED) is 0.700. The molecule has 0 saturated heterocycles. The maximum absolute atomic E-state index is 4.20. The molecule has 0 N–H and O–H groups in total. The Kier molecular flexibility index (Phi) is 1.68. The molecule has 15 heavy (non-hydrogen) atoms. The molecule has 0 aliphatic carbocycles. The highest BCUT2D eigenvalue weighted by Crippen LogP contribution is 2.45. The van der Waals surface area contributed by atoms with Crippen molar-refractivity contribution < 1.29 is 0 Å². The monoisotopic (exact) mass is 194 g/mol. The molecule has 0 saturated carbocycles. The summed E-state index contributed by atoms with van der Waals surface area (Å²) in [4.78, 5) is 0. The van der Waals surface area contributed by atoms with Gasteiger partial charge in [-0.25, -0.2) is 0 Å². The normalized spacial score (nSPS) is 16.3. The minimum Gasteiger partial charge on any atom is -0.148 e. The van der Waals surface area contributed by atoms with Gasteiger partial charge < -0.3 is 0 Å². The second kappa shape index (κ2) is 3.02. The minimum absolute atomic E-state index is 0.414. The number of nitrogens with zero attached hydrogens (tertiary/aromatic N) is 2. The van der Waals surface area contributed by atoms with Gasteiger partial charge >= 0.3 is 0 Å². The molecule has 1 aliphatic rings. The van der Waals surface area contributed by atoms with Gasteiger partial charge in [0.25, 0.3) is 0 Å². The van der Waals surface area contributed by atoms with Gasteiger partial charge in [-0.05, 0) is 0 Å². The van der Waals surface area contributed by atoms with E-state index in [4.69, 9.17) is 0 Å². The molecule has 0 fully saturated rings. The van der Waals surface area contributed by atoms with Crippen molar-refractivity contribution in [3.05, 3.63) is 71.8 Å². The topological polar surface area (TPSA) is 24.7 Å². The second-order valence-electron chi connectivity index (χ2n) is 3.60. The van der Waals surface area contributed by atoms with Gasteiger partial charge in [-0.1, -0.05) is 60.7 Å². The summed E-state index contributed by atoms with van der Waals surface area (Å²) in [5.74, 6) is 0. The molecule has 3 rings (SSSR count). The summed E-state index contributed by atoms with van der Waals surface area (Å²) < 4.78 is 0. The van der Waals surface area contributed by atoms with Gasteiger partial charge in [0.1, 0.15) is 0 Å². The molecule has 2 heteroatoms. The van der Waals surface area contributed by atoms with E-state index in [1.165, 1.54) is 0 Å². The Hall–Kier alpha value is -1.96. The number of rotatable bonds is 2. The largest absolute Gasteiger partial charge is 0.240 e. The standard InChI is InChI=1S/C13H10N2/c1-3-7-11(8-4-1)13(14-15-13)12-9-5-2-6-10-12/h1-10H. The lowest BCUT2D eigenvalue weighted by molar-refractivity contribution is 0.786. The number of hydrogen-bond donors (Lipinski definition) is 0. The van der Waals surface area contributed by atoms with E-state index in [1.54, 1.807) is 0 Å². The van der Waals surface area contributed by atoms with Gasteiger partial charge in [0.05, 0.1) is 0 Å². The highest BCUT2D eigenvalue weighted by molar-refractivity contribution is 5.40. The maximum atomic E-state index is 4.20. The summed E-state index contributed by atoms with van der Waals surface area (Å²) in [6.45, 7) is 0. The first-order valence-corrected chi connectivity index (χ1v) is 4.97. The van der Waals surface area contributed by atoms with E-state index in [-0.39, 0.29) is 0 Å². The summed E-state index contributed by atoms with van der Waals surface area (Å²) in [6, 6.07) is 20.3. The zero-order valence-corrected chi connectivity index (χ0v) is 8.17. The van der Waals surface area contributed by atoms with Crippen molar-refractivity contribution in [3.8, 4) is 0 Å². The van der Waals surface area contributed by atoms with Crippen molar-refractivity contribution in [3.63, 3.8) is 0 Å². The molecule has 0 radical (unpaired) electrons. The predicted molar refractivity (Wildman–Crippen MR) is 58.5 cm³/mol. The molecule has 0 bridgehead atoms. The molecule has 72 valence electrons. The Labute approximate surface area is 88.3 Å². The van der Waals surface area contributed by atoms with E-state index >= 15 is 0 Å². The van der Waals surface area contributed by atoms with E-state index in [0.717, 1.165) is 11.1 Å². The average Bonchev–Trinajstić information content (AvgIpc) is 3.13. The Bertz CT molecular complexity index is 441. The van der Waals surface area contributed by atoms with Gasteiger partial charge in [-0.2, -0.15) is 0 Å². The van der Waals surface area contributed by atoms with Crippen LogP contribution in [0.5, 0.6) is 0 Å². The molecule has 2 aromatic carbocycles. The zero-order chi connectivity index (χ0) is 10.1. The van der Waals surface area contributed by atoms with Gasteiger partial charge in [-0.15, -0.1) is 10.2 Å². The molecule has 0 aromatic heterocycles. The van der Waals surface area contributed by atoms with Crippen LogP contribution in [0.4, 0.5) is 0 Å².